The molecule has 2 rings (SSSR count). The van der Waals surface area contributed by atoms with Gasteiger partial charge in [-0.25, -0.2) is 4.39 Å². The first-order chi connectivity index (χ1) is 10.1. The Kier molecular flexibility index (Phi) is 6.05. The van der Waals surface area contributed by atoms with Crippen LogP contribution in [0.4, 0.5) is 10.1 Å². The number of thioether (sulfide) groups is 1. The number of rotatable bonds is 5. The van der Waals surface area contributed by atoms with Gasteiger partial charge in [-0.05, 0) is 47.7 Å². The third kappa shape index (κ3) is 4.71. The maximum atomic E-state index is 13.6. The van der Waals surface area contributed by atoms with Crippen LogP contribution in [-0.2, 0) is 4.79 Å². The van der Waals surface area contributed by atoms with Crippen LogP contribution in [0.25, 0.3) is 0 Å². The van der Waals surface area contributed by atoms with E-state index in [1.54, 1.807) is 12.1 Å². The molecule has 0 heterocycles. The minimum Gasteiger partial charge on any atom is -0.324 e. The molecule has 5 heteroatoms. The number of carbonyl (C=O) groups excluding carboxylic acids is 1. The predicted molar refractivity (Wildman–Crippen MR) is 95.1 cm³/mol. The summed E-state index contributed by atoms with van der Waals surface area (Å²) in [6.45, 7) is 1.91. The molecule has 21 heavy (non-hydrogen) atoms. The minimum atomic E-state index is -0.226. The molecule has 0 fully saturated rings. The molecule has 0 bridgehead atoms. The van der Waals surface area contributed by atoms with E-state index in [2.05, 4.69) is 27.9 Å². The third-order valence-corrected chi connectivity index (χ3v) is 5.08. The number of para-hydroxylation sites is 1. The second kappa shape index (κ2) is 7.79. The molecule has 1 atom stereocenters. The molecule has 1 unspecified atom stereocenters. The van der Waals surface area contributed by atoms with Gasteiger partial charge in [-0.2, -0.15) is 0 Å². The number of hydrogen-bond donors (Lipinski definition) is 1. The van der Waals surface area contributed by atoms with Crippen molar-refractivity contribution in [3.05, 3.63) is 63.5 Å². The van der Waals surface area contributed by atoms with E-state index in [4.69, 9.17) is 0 Å². The number of halogens is 2. The zero-order valence-electron chi connectivity index (χ0n) is 11.5. The van der Waals surface area contributed by atoms with Crippen LogP contribution in [0.1, 0.15) is 17.7 Å². The first-order valence-corrected chi connectivity index (χ1v) is 8.61. The first kappa shape index (κ1) is 16.3. The van der Waals surface area contributed by atoms with Crippen LogP contribution >= 0.6 is 34.4 Å². The van der Waals surface area contributed by atoms with Gasteiger partial charge in [0.2, 0.25) is 5.91 Å². The van der Waals surface area contributed by atoms with Crippen molar-refractivity contribution in [2.45, 2.75) is 12.2 Å². The monoisotopic (exact) mass is 415 g/mol. The van der Waals surface area contributed by atoms with Crippen molar-refractivity contribution in [3.8, 4) is 0 Å². The SMILES string of the molecule is CC(SCC(=O)Nc1ccccc1I)c1ccccc1F. The zero-order chi connectivity index (χ0) is 15.2. The summed E-state index contributed by atoms with van der Waals surface area (Å²) >= 11 is 3.60. The molecule has 0 aliphatic carbocycles. The summed E-state index contributed by atoms with van der Waals surface area (Å²) < 4.78 is 14.6. The third-order valence-electron chi connectivity index (χ3n) is 2.96. The van der Waals surface area contributed by atoms with E-state index in [-0.39, 0.29) is 17.0 Å². The topological polar surface area (TPSA) is 29.1 Å². The van der Waals surface area contributed by atoms with Crippen molar-refractivity contribution in [3.63, 3.8) is 0 Å². The highest BCUT2D eigenvalue weighted by atomic mass is 127. The number of benzene rings is 2. The number of anilines is 1. The number of carbonyl (C=O) groups is 1. The Morgan fingerprint density at radius 1 is 1.24 bits per heavy atom. The summed E-state index contributed by atoms with van der Waals surface area (Å²) in [5, 5.41) is 2.81. The van der Waals surface area contributed by atoms with Crippen LogP contribution in [-0.4, -0.2) is 11.7 Å². The summed E-state index contributed by atoms with van der Waals surface area (Å²) in [6.07, 6.45) is 0. The Morgan fingerprint density at radius 3 is 2.62 bits per heavy atom. The average Bonchev–Trinajstić information content (AvgIpc) is 2.48. The van der Waals surface area contributed by atoms with Crippen LogP contribution in [0, 0.1) is 9.39 Å². The molecule has 2 aromatic rings. The fourth-order valence-electron chi connectivity index (χ4n) is 1.84. The van der Waals surface area contributed by atoms with Gasteiger partial charge in [-0.1, -0.05) is 30.3 Å². The molecule has 0 saturated carbocycles. The molecule has 2 nitrogen and oxygen atoms in total. The van der Waals surface area contributed by atoms with Gasteiger partial charge in [-0.15, -0.1) is 11.8 Å². The second-order valence-corrected chi connectivity index (χ2v) is 6.99. The van der Waals surface area contributed by atoms with E-state index in [0.717, 1.165) is 9.26 Å². The molecular formula is C16H15FINOS. The Balaban J connectivity index is 1.90. The Labute approximate surface area is 141 Å². The fraction of sp³-hybridized carbons (Fsp3) is 0.188. The Bertz CT molecular complexity index is 635. The number of nitrogens with one attached hydrogen (secondary N) is 1. The molecule has 0 saturated heterocycles. The lowest BCUT2D eigenvalue weighted by atomic mass is 10.1. The average molecular weight is 415 g/mol. The quantitative estimate of drug-likeness (QED) is 0.707. The Hall–Kier alpha value is -1.08. The molecule has 0 spiro atoms. The van der Waals surface area contributed by atoms with E-state index in [1.165, 1.54) is 17.8 Å². The first-order valence-electron chi connectivity index (χ1n) is 6.48. The molecule has 0 aromatic heterocycles. The van der Waals surface area contributed by atoms with E-state index in [0.29, 0.717) is 11.3 Å². The maximum Gasteiger partial charge on any atom is 0.234 e. The van der Waals surface area contributed by atoms with E-state index >= 15 is 0 Å². The van der Waals surface area contributed by atoms with Crippen LogP contribution < -0.4 is 5.32 Å². The van der Waals surface area contributed by atoms with Crippen molar-refractivity contribution < 1.29 is 9.18 Å². The minimum absolute atomic E-state index is 0.0632. The zero-order valence-corrected chi connectivity index (χ0v) is 14.4. The summed E-state index contributed by atoms with van der Waals surface area (Å²) in [6, 6.07) is 14.3. The van der Waals surface area contributed by atoms with Gasteiger partial charge in [-0.3, -0.25) is 4.79 Å². The van der Waals surface area contributed by atoms with Gasteiger partial charge in [0, 0.05) is 14.4 Å². The molecule has 0 aliphatic rings. The van der Waals surface area contributed by atoms with Crippen molar-refractivity contribution in [1.82, 2.24) is 0 Å². The predicted octanol–water partition coefficient (Wildman–Crippen LogP) is 4.86. The number of hydrogen-bond acceptors (Lipinski definition) is 2. The largest absolute Gasteiger partial charge is 0.324 e. The van der Waals surface area contributed by atoms with Gasteiger partial charge in [0.25, 0.3) is 0 Å². The molecule has 0 aliphatic heterocycles. The van der Waals surface area contributed by atoms with Crippen LogP contribution in [0.5, 0.6) is 0 Å². The summed E-state index contributed by atoms with van der Waals surface area (Å²) in [4.78, 5) is 12.0. The highest BCUT2D eigenvalue weighted by Gasteiger charge is 2.13. The van der Waals surface area contributed by atoms with E-state index in [9.17, 15) is 9.18 Å². The summed E-state index contributed by atoms with van der Waals surface area (Å²) in [5.74, 6) is -0.0108. The van der Waals surface area contributed by atoms with Crippen LogP contribution in [0.3, 0.4) is 0 Å². The normalized spacial score (nSPS) is 12.0. The van der Waals surface area contributed by atoms with E-state index < -0.39 is 0 Å². The molecular weight excluding hydrogens is 400 g/mol. The van der Waals surface area contributed by atoms with Gasteiger partial charge in [0.1, 0.15) is 5.82 Å². The van der Waals surface area contributed by atoms with Crippen molar-refractivity contribution in [2.24, 2.45) is 0 Å². The Morgan fingerprint density at radius 2 is 1.90 bits per heavy atom. The van der Waals surface area contributed by atoms with Crippen molar-refractivity contribution >= 4 is 45.9 Å². The standard InChI is InChI=1S/C16H15FINOS/c1-11(12-6-2-3-7-13(12)17)21-10-16(20)19-15-9-5-4-8-14(15)18/h2-9,11H,10H2,1H3,(H,19,20). The van der Waals surface area contributed by atoms with Gasteiger partial charge < -0.3 is 5.32 Å². The molecule has 110 valence electrons. The molecule has 1 N–H and O–H groups in total. The van der Waals surface area contributed by atoms with Gasteiger partial charge in [0.15, 0.2) is 0 Å². The van der Waals surface area contributed by atoms with Gasteiger partial charge >= 0.3 is 0 Å². The van der Waals surface area contributed by atoms with Crippen LogP contribution in [0.15, 0.2) is 48.5 Å². The smallest absolute Gasteiger partial charge is 0.234 e. The lowest BCUT2D eigenvalue weighted by Gasteiger charge is -2.13. The summed E-state index contributed by atoms with van der Waals surface area (Å²) in [7, 11) is 0. The highest BCUT2D eigenvalue weighted by molar-refractivity contribution is 14.1. The number of amides is 1. The maximum absolute atomic E-state index is 13.6. The van der Waals surface area contributed by atoms with Crippen molar-refractivity contribution in [2.75, 3.05) is 11.1 Å². The molecule has 2 aromatic carbocycles. The molecule has 0 radical (unpaired) electrons. The highest BCUT2D eigenvalue weighted by Crippen LogP contribution is 2.30. The van der Waals surface area contributed by atoms with Crippen LogP contribution in [0.2, 0.25) is 0 Å². The fourth-order valence-corrected chi connectivity index (χ4v) is 3.21. The lowest BCUT2D eigenvalue weighted by molar-refractivity contribution is -0.113. The van der Waals surface area contributed by atoms with Crippen molar-refractivity contribution in [1.29, 1.82) is 0 Å². The lowest BCUT2D eigenvalue weighted by Crippen LogP contribution is -2.15. The second-order valence-electron chi connectivity index (χ2n) is 4.50. The van der Waals surface area contributed by atoms with E-state index in [1.807, 2.05) is 37.3 Å². The summed E-state index contributed by atoms with van der Waals surface area (Å²) in [5.41, 5.74) is 1.44. The molecule has 1 amide bonds. The van der Waals surface area contributed by atoms with Gasteiger partial charge in [0.05, 0.1) is 11.4 Å².